The van der Waals surface area contributed by atoms with E-state index in [1.807, 2.05) is 0 Å². The van der Waals surface area contributed by atoms with Gasteiger partial charge in [-0.05, 0) is 27.9 Å². The first-order valence-electron chi connectivity index (χ1n) is 4.24. The van der Waals surface area contributed by atoms with Crippen LogP contribution < -0.4 is 5.32 Å². The number of hydrogen-bond acceptors (Lipinski definition) is 2. The first-order chi connectivity index (χ1) is 5.80. The minimum Gasteiger partial charge on any atom is -0.318 e. The summed E-state index contributed by atoms with van der Waals surface area (Å²) in [7, 11) is 3.01. The zero-order valence-electron chi connectivity index (χ0n) is 8.44. The van der Waals surface area contributed by atoms with Crippen LogP contribution in [0.3, 0.4) is 0 Å². The van der Waals surface area contributed by atoms with Gasteiger partial charge in [0.1, 0.15) is 6.04 Å². The molecule has 0 fully saturated rings. The number of likely N-dealkylation sites (N-methyl/N-ethyl adjacent to an activating group) is 2. The van der Waals surface area contributed by atoms with Crippen molar-refractivity contribution < 1.29 is 13.2 Å². The quantitative estimate of drug-likeness (QED) is 0.736. The molecule has 0 aliphatic rings. The summed E-state index contributed by atoms with van der Waals surface area (Å²) in [6.07, 6.45) is -4.16. The van der Waals surface area contributed by atoms with Crippen LogP contribution in [0.4, 0.5) is 13.2 Å². The molecular formula is C8H17F3N2. The molecule has 0 aromatic rings. The fourth-order valence-corrected chi connectivity index (χ4v) is 1.04. The number of alkyl halides is 3. The Morgan fingerprint density at radius 1 is 1.31 bits per heavy atom. The predicted molar refractivity (Wildman–Crippen MR) is 46.7 cm³/mol. The van der Waals surface area contributed by atoms with Crippen LogP contribution in [0.2, 0.25) is 0 Å². The van der Waals surface area contributed by atoms with Gasteiger partial charge in [-0.2, -0.15) is 13.2 Å². The van der Waals surface area contributed by atoms with Gasteiger partial charge in [0, 0.05) is 12.6 Å². The van der Waals surface area contributed by atoms with Crippen molar-refractivity contribution in [2.75, 3.05) is 20.6 Å². The molecule has 0 aromatic heterocycles. The fraction of sp³-hybridized carbons (Fsp3) is 1.00. The largest absolute Gasteiger partial charge is 0.405 e. The molecule has 0 aliphatic carbocycles. The lowest BCUT2D eigenvalue weighted by Gasteiger charge is -2.32. The molecule has 1 N–H and O–H groups in total. The van der Waals surface area contributed by atoms with E-state index in [0.29, 0.717) is 0 Å². The highest BCUT2D eigenvalue weighted by Gasteiger charge is 2.42. The highest BCUT2D eigenvalue weighted by molar-refractivity contribution is 4.80. The van der Waals surface area contributed by atoms with Crippen LogP contribution in [0, 0.1) is 0 Å². The average Bonchev–Trinajstić information content (AvgIpc) is 1.96. The lowest BCUT2D eigenvalue weighted by atomic mass is 10.2. The van der Waals surface area contributed by atoms with Gasteiger partial charge >= 0.3 is 6.18 Å². The number of rotatable bonds is 4. The van der Waals surface area contributed by atoms with E-state index >= 15 is 0 Å². The third kappa shape index (κ3) is 3.95. The molecule has 1 atom stereocenters. The lowest BCUT2D eigenvalue weighted by Crippen LogP contribution is -2.51. The van der Waals surface area contributed by atoms with Gasteiger partial charge in [0.15, 0.2) is 0 Å². The summed E-state index contributed by atoms with van der Waals surface area (Å²) in [5.74, 6) is 0. The Bertz CT molecular complexity index is 145. The van der Waals surface area contributed by atoms with Crippen LogP contribution in [-0.4, -0.2) is 43.8 Å². The monoisotopic (exact) mass is 198 g/mol. The molecule has 0 spiro atoms. The molecule has 13 heavy (non-hydrogen) atoms. The predicted octanol–water partition coefficient (Wildman–Crippen LogP) is 1.48. The second kappa shape index (κ2) is 4.81. The maximum Gasteiger partial charge on any atom is 0.405 e. The van der Waals surface area contributed by atoms with E-state index in [0.717, 1.165) is 0 Å². The van der Waals surface area contributed by atoms with Crippen molar-refractivity contribution in [2.45, 2.75) is 32.1 Å². The Balaban J connectivity index is 4.41. The molecule has 0 radical (unpaired) electrons. The van der Waals surface area contributed by atoms with Gasteiger partial charge in [-0.1, -0.05) is 0 Å². The van der Waals surface area contributed by atoms with E-state index in [-0.39, 0.29) is 12.6 Å². The molecule has 0 aromatic carbocycles. The summed E-state index contributed by atoms with van der Waals surface area (Å²) in [5.41, 5.74) is 0. The minimum atomic E-state index is -4.16. The van der Waals surface area contributed by atoms with Gasteiger partial charge in [-0.3, -0.25) is 4.90 Å². The van der Waals surface area contributed by atoms with E-state index in [9.17, 15) is 13.2 Å². The Hall–Kier alpha value is -0.290. The molecule has 2 nitrogen and oxygen atoms in total. The maximum atomic E-state index is 12.4. The smallest absolute Gasteiger partial charge is 0.318 e. The zero-order valence-corrected chi connectivity index (χ0v) is 8.44. The highest BCUT2D eigenvalue weighted by Crippen LogP contribution is 2.24. The van der Waals surface area contributed by atoms with E-state index in [1.165, 1.54) is 19.0 Å². The van der Waals surface area contributed by atoms with Gasteiger partial charge in [-0.25, -0.2) is 0 Å². The summed E-state index contributed by atoms with van der Waals surface area (Å²) in [6, 6.07) is -1.52. The van der Waals surface area contributed by atoms with E-state index < -0.39 is 12.2 Å². The van der Waals surface area contributed by atoms with Gasteiger partial charge in [0.05, 0.1) is 0 Å². The molecule has 0 heterocycles. The summed E-state index contributed by atoms with van der Waals surface area (Å²) < 4.78 is 37.3. The molecule has 5 heteroatoms. The summed E-state index contributed by atoms with van der Waals surface area (Å²) in [5, 5.41) is 2.55. The Kier molecular flexibility index (Phi) is 4.70. The van der Waals surface area contributed by atoms with Gasteiger partial charge in [0.25, 0.3) is 0 Å². The van der Waals surface area contributed by atoms with Gasteiger partial charge in [0.2, 0.25) is 0 Å². The third-order valence-corrected chi connectivity index (χ3v) is 2.08. The van der Waals surface area contributed by atoms with Crippen LogP contribution in [0.5, 0.6) is 0 Å². The molecule has 1 unspecified atom stereocenters. The standard InChI is InChI=1S/C8H17F3N2/c1-6(2)13(4)7(5-12-3)8(9,10)11/h6-7,12H,5H2,1-4H3. The Morgan fingerprint density at radius 3 is 2.00 bits per heavy atom. The molecule has 0 saturated carbocycles. The van der Waals surface area contributed by atoms with Crippen molar-refractivity contribution in [1.29, 1.82) is 0 Å². The topological polar surface area (TPSA) is 15.3 Å². The normalized spacial score (nSPS) is 15.5. The molecule has 0 bridgehead atoms. The van der Waals surface area contributed by atoms with Crippen molar-refractivity contribution in [2.24, 2.45) is 0 Å². The number of halogens is 3. The van der Waals surface area contributed by atoms with Crippen LogP contribution in [0.15, 0.2) is 0 Å². The molecule has 0 rings (SSSR count). The Morgan fingerprint density at radius 2 is 1.77 bits per heavy atom. The third-order valence-electron chi connectivity index (χ3n) is 2.08. The SMILES string of the molecule is CNCC(N(C)C(C)C)C(F)(F)F. The van der Waals surface area contributed by atoms with Gasteiger partial charge < -0.3 is 5.32 Å². The van der Waals surface area contributed by atoms with E-state index in [2.05, 4.69) is 5.32 Å². The second-order valence-electron chi connectivity index (χ2n) is 3.37. The van der Waals surface area contributed by atoms with Crippen molar-refractivity contribution >= 4 is 0 Å². The van der Waals surface area contributed by atoms with Crippen LogP contribution in [0.25, 0.3) is 0 Å². The molecule has 0 aliphatic heterocycles. The fourth-order valence-electron chi connectivity index (χ4n) is 1.04. The lowest BCUT2D eigenvalue weighted by molar-refractivity contribution is -0.182. The van der Waals surface area contributed by atoms with E-state index in [4.69, 9.17) is 0 Å². The number of hydrogen-bond donors (Lipinski definition) is 1. The summed E-state index contributed by atoms with van der Waals surface area (Å²) in [4.78, 5) is 1.32. The molecule has 80 valence electrons. The van der Waals surface area contributed by atoms with Crippen molar-refractivity contribution in [3.63, 3.8) is 0 Å². The second-order valence-corrected chi connectivity index (χ2v) is 3.37. The summed E-state index contributed by atoms with van der Waals surface area (Å²) in [6.45, 7) is 3.42. The first kappa shape index (κ1) is 12.7. The zero-order chi connectivity index (χ0) is 10.6. The minimum absolute atomic E-state index is 0.0713. The molecule has 0 amide bonds. The van der Waals surface area contributed by atoms with Crippen molar-refractivity contribution in [3.05, 3.63) is 0 Å². The number of nitrogens with one attached hydrogen (secondary N) is 1. The Labute approximate surface area is 77.1 Å². The van der Waals surface area contributed by atoms with Gasteiger partial charge in [-0.15, -0.1) is 0 Å². The highest BCUT2D eigenvalue weighted by atomic mass is 19.4. The van der Waals surface area contributed by atoms with Crippen LogP contribution in [-0.2, 0) is 0 Å². The average molecular weight is 198 g/mol. The maximum absolute atomic E-state index is 12.4. The molecular weight excluding hydrogens is 181 g/mol. The molecule has 0 saturated heterocycles. The van der Waals surface area contributed by atoms with Crippen LogP contribution >= 0.6 is 0 Å². The first-order valence-corrected chi connectivity index (χ1v) is 4.24. The van der Waals surface area contributed by atoms with Crippen molar-refractivity contribution in [3.8, 4) is 0 Å². The summed E-state index contributed by atoms with van der Waals surface area (Å²) >= 11 is 0. The number of nitrogens with zero attached hydrogens (tertiary/aromatic N) is 1. The van der Waals surface area contributed by atoms with Crippen molar-refractivity contribution in [1.82, 2.24) is 10.2 Å². The van der Waals surface area contributed by atoms with E-state index in [1.54, 1.807) is 13.8 Å². The van der Waals surface area contributed by atoms with Crippen LogP contribution in [0.1, 0.15) is 13.8 Å².